The lowest BCUT2D eigenvalue weighted by atomic mass is 9.76. The van der Waals surface area contributed by atoms with E-state index in [-0.39, 0.29) is 19.0 Å². The number of hydrogen-bond donors (Lipinski definition) is 0. The molecule has 6 heteroatoms. The Balaban J connectivity index is 1.66. The summed E-state index contributed by atoms with van der Waals surface area (Å²) in [5.41, 5.74) is 3.42. The van der Waals surface area contributed by atoms with E-state index in [2.05, 4.69) is 12.1 Å². The van der Waals surface area contributed by atoms with E-state index in [1.807, 2.05) is 12.1 Å². The van der Waals surface area contributed by atoms with Gasteiger partial charge in [-0.3, -0.25) is 0 Å². The van der Waals surface area contributed by atoms with Crippen LogP contribution in [0.2, 0.25) is 0 Å². The standard InChI is InChI=1S/C23H26O6/c1-24-20-8-13(9-21(25-2)23(20)26-3)22-16-11-19-18(27-12-28-19)10-15(16)14-6-4-5-7-17(14)29-22/h8-11,14,17,22H,4-7,12H2,1-3H3/t14-,17-,22-/m0/s1. The molecule has 3 aliphatic rings. The SMILES string of the molecule is COc1cc([C@@H]2O[C@H]3CCCC[C@H]3c3cc4c(cc32)OCO4)cc(OC)c1OC. The molecule has 1 saturated carbocycles. The van der Waals surface area contributed by atoms with Crippen LogP contribution in [0.4, 0.5) is 0 Å². The van der Waals surface area contributed by atoms with Crippen molar-refractivity contribution in [3.05, 3.63) is 41.0 Å². The molecule has 2 aromatic rings. The Bertz CT molecular complexity index is 899. The molecule has 3 atom stereocenters. The first-order valence-electron chi connectivity index (χ1n) is 10.1. The average Bonchev–Trinajstić information content (AvgIpc) is 3.23. The summed E-state index contributed by atoms with van der Waals surface area (Å²) >= 11 is 0. The molecule has 1 aliphatic carbocycles. The zero-order valence-corrected chi connectivity index (χ0v) is 17.0. The van der Waals surface area contributed by atoms with E-state index >= 15 is 0 Å². The molecule has 1 fully saturated rings. The lowest BCUT2D eigenvalue weighted by Crippen LogP contribution is -2.33. The van der Waals surface area contributed by atoms with Crippen LogP contribution in [0, 0.1) is 0 Å². The predicted octanol–water partition coefficient (Wildman–Crippen LogP) is 4.59. The van der Waals surface area contributed by atoms with Crippen LogP contribution < -0.4 is 23.7 Å². The fourth-order valence-corrected chi connectivity index (χ4v) is 4.90. The van der Waals surface area contributed by atoms with Crippen molar-refractivity contribution < 1.29 is 28.4 Å². The van der Waals surface area contributed by atoms with Gasteiger partial charge in [-0.1, -0.05) is 12.8 Å². The summed E-state index contributed by atoms with van der Waals surface area (Å²) in [6, 6.07) is 8.19. The molecule has 0 saturated heterocycles. The van der Waals surface area contributed by atoms with Crippen LogP contribution in [-0.2, 0) is 4.74 Å². The van der Waals surface area contributed by atoms with Gasteiger partial charge in [0.2, 0.25) is 12.5 Å². The van der Waals surface area contributed by atoms with Crippen LogP contribution in [0.25, 0.3) is 0 Å². The lowest BCUT2D eigenvalue weighted by Gasteiger charge is -2.41. The Kier molecular flexibility index (Phi) is 4.66. The minimum Gasteiger partial charge on any atom is -0.493 e. The van der Waals surface area contributed by atoms with Gasteiger partial charge in [0.25, 0.3) is 0 Å². The summed E-state index contributed by atoms with van der Waals surface area (Å²) < 4.78 is 34.7. The number of ether oxygens (including phenoxy) is 6. The number of methoxy groups -OCH3 is 3. The van der Waals surface area contributed by atoms with Crippen molar-refractivity contribution in [1.82, 2.24) is 0 Å². The summed E-state index contributed by atoms with van der Waals surface area (Å²) in [6.07, 6.45) is 4.60. The Morgan fingerprint density at radius 3 is 2.10 bits per heavy atom. The molecule has 6 nitrogen and oxygen atoms in total. The summed E-state index contributed by atoms with van der Waals surface area (Å²) in [5, 5.41) is 0. The highest BCUT2D eigenvalue weighted by atomic mass is 16.7. The highest BCUT2D eigenvalue weighted by molar-refractivity contribution is 5.58. The normalized spacial score (nSPS) is 24.4. The molecule has 2 aromatic carbocycles. The van der Waals surface area contributed by atoms with Gasteiger partial charge >= 0.3 is 0 Å². The maximum atomic E-state index is 6.69. The Morgan fingerprint density at radius 2 is 1.45 bits per heavy atom. The van der Waals surface area contributed by atoms with Crippen molar-refractivity contribution in [1.29, 1.82) is 0 Å². The van der Waals surface area contributed by atoms with Crippen LogP contribution >= 0.6 is 0 Å². The second kappa shape index (κ2) is 7.34. The third-order valence-electron chi connectivity index (χ3n) is 6.26. The van der Waals surface area contributed by atoms with Crippen molar-refractivity contribution in [2.45, 2.75) is 43.8 Å². The molecule has 0 radical (unpaired) electrons. The first-order chi connectivity index (χ1) is 14.2. The molecular weight excluding hydrogens is 372 g/mol. The van der Waals surface area contributed by atoms with Crippen LogP contribution in [0.3, 0.4) is 0 Å². The van der Waals surface area contributed by atoms with E-state index in [0.29, 0.717) is 23.2 Å². The van der Waals surface area contributed by atoms with Gasteiger partial charge in [-0.05, 0) is 53.8 Å². The van der Waals surface area contributed by atoms with Crippen molar-refractivity contribution in [2.75, 3.05) is 28.1 Å². The van der Waals surface area contributed by atoms with Crippen LogP contribution in [0.15, 0.2) is 24.3 Å². The molecule has 2 aliphatic heterocycles. The molecule has 154 valence electrons. The first kappa shape index (κ1) is 18.4. The van der Waals surface area contributed by atoms with Crippen LogP contribution in [0.5, 0.6) is 28.7 Å². The molecule has 0 amide bonds. The van der Waals surface area contributed by atoms with Gasteiger partial charge in [0.1, 0.15) is 6.10 Å². The van der Waals surface area contributed by atoms with Gasteiger partial charge in [0.15, 0.2) is 23.0 Å². The maximum Gasteiger partial charge on any atom is 0.231 e. The predicted molar refractivity (Wildman–Crippen MR) is 107 cm³/mol. The highest BCUT2D eigenvalue weighted by Gasteiger charge is 2.39. The number of fused-ring (bicyclic) bond motifs is 4. The zero-order valence-electron chi connectivity index (χ0n) is 17.0. The van der Waals surface area contributed by atoms with E-state index in [1.54, 1.807) is 21.3 Å². The van der Waals surface area contributed by atoms with Gasteiger partial charge in [0.05, 0.1) is 27.4 Å². The summed E-state index contributed by atoms with van der Waals surface area (Å²) in [7, 11) is 4.87. The molecule has 0 unspecified atom stereocenters. The quantitative estimate of drug-likeness (QED) is 0.751. The van der Waals surface area contributed by atoms with E-state index < -0.39 is 0 Å². The maximum absolute atomic E-state index is 6.69. The summed E-state index contributed by atoms with van der Waals surface area (Å²) in [6.45, 7) is 0.266. The molecule has 0 bridgehead atoms. The fourth-order valence-electron chi connectivity index (χ4n) is 4.90. The van der Waals surface area contributed by atoms with Crippen molar-refractivity contribution in [2.24, 2.45) is 0 Å². The van der Waals surface area contributed by atoms with E-state index in [4.69, 9.17) is 28.4 Å². The molecule has 0 N–H and O–H groups in total. The molecule has 5 rings (SSSR count). The monoisotopic (exact) mass is 398 g/mol. The topological polar surface area (TPSA) is 55.4 Å². The van der Waals surface area contributed by atoms with Crippen molar-refractivity contribution in [3.8, 4) is 28.7 Å². The lowest BCUT2D eigenvalue weighted by molar-refractivity contribution is -0.0391. The minimum atomic E-state index is -0.229. The third kappa shape index (κ3) is 2.97. The van der Waals surface area contributed by atoms with Gasteiger partial charge in [0, 0.05) is 5.92 Å². The van der Waals surface area contributed by atoms with Gasteiger partial charge in [-0.25, -0.2) is 0 Å². The molecule has 2 heterocycles. The average molecular weight is 398 g/mol. The van der Waals surface area contributed by atoms with Crippen LogP contribution in [0.1, 0.15) is 54.4 Å². The largest absolute Gasteiger partial charge is 0.493 e. The smallest absolute Gasteiger partial charge is 0.231 e. The summed E-state index contributed by atoms with van der Waals surface area (Å²) in [5.74, 6) is 3.83. The minimum absolute atomic E-state index is 0.195. The number of hydrogen-bond acceptors (Lipinski definition) is 6. The third-order valence-corrected chi connectivity index (χ3v) is 6.26. The van der Waals surface area contributed by atoms with Crippen molar-refractivity contribution in [3.63, 3.8) is 0 Å². The van der Waals surface area contributed by atoms with Gasteiger partial charge < -0.3 is 28.4 Å². The van der Waals surface area contributed by atoms with Gasteiger partial charge in [-0.2, -0.15) is 0 Å². The number of benzene rings is 2. The van der Waals surface area contributed by atoms with E-state index in [1.165, 1.54) is 18.4 Å². The first-order valence-corrected chi connectivity index (χ1v) is 10.1. The zero-order chi connectivity index (χ0) is 20.0. The van der Waals surface area contributed by atoms with Crippen molar-refractivity contribution >= 4 is 0 Å². The van der Waals surface area contributed by atoms with E-state index in [0.717, 1.165) is 35.5 Å². The van der Waals surface area contributed by atoms with Gasteiger partial charge in [-0.15, -0.1) is 0 Å². The molecule has 0 aromatic heterocycles. The second-order valence-electron chi connectivity index (χ2n) is 7.74. The summed E-state index contributed by atoms with van der Waals surface area (Å²) in [4.78, 5) is 0. The Morgan fingerprint density at radius 1 is 0.793 bits per heavy atom. The Labute approximate surface area is 170 Å². The van der Waals surface area contributed by atoms with E-state index in [9.17, 15) is 0 Å². The second-order valence-corrected chi connectivity index (χ2v) is 7.74. The molecule has 29 heavy (non-hydrogen) atoms. The molecular formula is C23H26O6. The fraction of sp³-hybridized carbons (Fsp3) is 0.478. The van der Waals surface area contributed by atoms with Crippen LogP contribution in [-0.4, -0.2) is 34.2 Å². The highest BCUT2D eigenvalue weighted by Crippen LogP contribution is 2.52. The Hall–Kier alpha value is -2.60. The number of rotatable bonds is 4. The molecule has 0 spiro atoms.